The number of halogens is 1. The highest BCUT2D eigenvalue weighted by Crippen LogP contribution is 2.32. The normalized spacial score (nSPS) is 12.7. The molecule has 0 spiro atoms. The molecule has 0 saturated heterocycles. The predicted octanol–water partition coefficient (Wildman–Crippen LogP) is 3.06. The number of aromatic nitrogens is 1. The lowest BCUT2D eigenvalue weighted by Gasteiger charge is -2.11. The Labute approximate surface area is 175 Å². The van der Waals surface area contributed by atoms with Gasteiger partial charge in [-0.3, -0.25) is 4.99 Å². The Morgan fingerprint density at radius 2 is 1.88 bits per heavy atom. The second-order valence-corrected chi connectivity index (χ2v) is 7.15. The number of thiazole rings is 1. The number of fused-ring (bicyclic) bond motifs is 1. The van der Waals surface area contributed by atoms with E-state index in [2.05, 4.69) is 40.5 Å². The molecule has 6 nitrogen and oxygen atoms in total. The second kappa shape index (κ2) is 9.96. The van der Waals surface area contributed by atoms with Crippen molar-refractivity contribution in [3.05, 3.63) is 39.3 Å². The number of rotatable bonds is 6. The van der Waals surface area contributed by atoms with Crippen molar-refractivity contribution in [2.45, 2.75) is 26.7 Å². The van der Waals surface area contributed by atoms with Crippen LogP contribution in [0.25, 0.3) is 0 Å². The van der Waals surface area contributed by atoms with Gasteiger partial charge in [0, 0.05) is 31.4 Å². The first-order chi connectivity index (χ1) is 12.2. The first-order valence-corrected chi connectivity index (χ1v) is 9.23. The van der Waals surface area contributed by atoms with Gasteiger partial charge in [0.1, 0.15) is 0 Å². The van der Waals surface area contributed by atoms with Gasteiger partial charge >= 0.3 is 0 Å². The molecule has 2 aromatic rings. The molecular weight excluding hydrogens is 463 g/mol. The maximum atomic E-state index is 5.41. The lowest BCUT2D eigenvalue weighted by atomic mass is 10.1. The number of hydrogen-bond acceptors (Lipinski definition) is 5. The molecule has 8 heteroatoms. The van der Waals surface area contributed by atoms with Crippen molar-refractivity contribution in [1.82, 2.24) is 15.6 Å². The van der Waals surface area contributed by atoms with Gasteiger partial charge in [0.25, 0.3) is 0 Å². The number of benzene rings is 1. The number of hydrogen-bond donors (Lipinski definition) is 2. The van der Waals surface area contributed by atoms with E-state index < -0.39 is 0 Å². The molecule has 0 saturated carbocycles. The van der Waals surface area contributed by atoms with Gasteiger partial charge in [0.15, 0.2) is 17.5 Å². The van der Waals surface area contributed by atoms with Crippen LogP contribution < -0.4 is 20.1 Å². The molecule has 0 radical (unpaired) electrons. The monoisotopic (exact) mass is 488 g/mol. The third kappa shape index (κ3) is 5.47. The minimum absolute atomic E-state index is 0. The van der Waals surface area contributed by atoms with Crippen molar-refractivity contribution in [2.24, 2.45) is 4.99 Å². The van der Waals surface area contributed by atoms with Crippen molar-refractivity contribution >= 4 is 41.3 Å². The summed E-state index contributed by atoms with van der Waals surface area (Å²) in [7, 11) is 1.79. The summed E-state index contributed by atoms with van der Waals surface area (Å²) in [6.07, 6.45) is 1.80. The SMILES string of the molecule is CN=C(NCCc1ccc2c(c1)OCO2)NCCc1nc(C)c(C)s1.I. The van der Waals surface area contributed by atoms with E-state index in [1.165, 1.54) is 15.4 Å². The Hall–Kier alpha value is -1.55. The standard InChI is InChI=1S/C18H24N4O2S.HI/c1-12-13(2)25-17(22-12)7-9-21-18(19-3)20-8-6-14-4-5-15-16(10-14)24-11-23-15;/h4-5,10H,6-9,11H2,1-3H3,(H2,19,20,21);1H. The number of guanidine groups is 1. The molecule has 3 rings (SSSR count). The summed E-state index contributed by atoms with van der Waals surface area (Å²) >= 11 is 1.76. The van der Waals surface area contributed by atoms with Gasteiger partial charge in [-0.1, -0.05) is 6.07 Å². The van der Waals surface area contributed by atoms with Crippen LogP contribution in [0.5, 0.6) is 11.5 Å². The van der Waals surface area contributed by atoms with Gasteiger partial charge in [-0.2, -0.15) is 0 Å². The lowest BCUT2D eigenvalue weighted by Crippen LogP contribution is -2.39. The number of nitrogens with zero attached hydrogens (tertiary/aromatic N) is 2. The van der Waals surface area contributed by atoms with Crippen LogP contribution in [0.1, 0.15) is 21.1 Å². The summed E-state index contributed by atoms with van der Waals surface area (Å²) in [6.45, 7) is 6.09. The number of nitrogens with one attached hydrogen (secondary N) is 2. The Bertz CT molecular complexity index is 744. The Morgan fingerprint density at radius 3 is 2.58 bits per heavy atom. The van der Waals surface area contributed by atoms with Crippen molar-refractivity contribution in [1.29, 1.82) is 0 Å². The van der Waals surface area contributed by atoms with E-state index in [-0.39, 0.29) is 24.0 Å². The quantitative estimate of drug-likeness (QED) is 0.372. The van der Waals surface area contributed by atoms with Crippen LogP contribution >= 0.6 is 35.3 Å². The fourth-order valence-corrected chi connectivity index (χ4v) is 3.51. The van der Waals surface area contributed by atoms with Crippen LogP contribution in [0, 0.1) is 13.8 Å². The fraction of sp³-hybridized carbons (Fsp3) is 0.444. The molecule has 0 bridgehead atoms. The van der Waals surface area contributed by atoms with E-state index in [0.29, 0.717) is 6.79 Å². The van der Waals surface area contributed by atoms with E-state index in [1.54, 1.807) is 18.4 Å². The molecule has 0 fully saturated rings. The molecule has 0 atom stereocenters. The summed E-state index contributed by atoms with van der Waals surface area (Å²) < 4.78 is 10.7. The minimum Gasteiger partial charge on any atom is -0.454 e. The Kier molecular flexibility index (Phi) is 7.95. The van der Waals surface area contributed by atoms with Crippen LogP contribution in [-0.2, 0) is 12.8 Å². The van der Waals surface area contributed by atoms with Gasteiger partial charge in [-0.25, -0.2) is 4.98 Å². The van der Waals surface area contributed by atoms with Crippen LogP contribution in [0.2, 0.25) is 0 Å². The highest BCUT2D eigenvalue weighted by atomic mass is 127. The van der Waals surface area contributed by atoms with Crippen LogP contribution in [0.3, 0.4) is 0 Å². The summed E-state index contributed by atoms with van der Waals surface area (Å²) in [5.74, 6) is 2.46. The molecule has 0 aliphatic carbocycles. The average Bonchev–Trinajstić information content (AvgIpc) is 3.19. The van der Waals surface area contributed by atoms with Gasteiger partial charge in [-0.05, 0) is 38.0 Å². The van der Waals surface area contributed by atoms with Crippen LogP contribution in [0.15, 0.2) is 23.2 Å². The molecule has 0 amide bonds. The van der Waals surface area contributed by atoms with E-state index in [1.807, 2.05) is 12.1 Å². The average molecular weight is 488 g/mol. The van der Waals surface area contributed by atoms with Crippen LogP contribution in [-0.4, -0.2) is 37.9 Å². The first-order valence-electron chi connectivity index (χ1n) is 8.41. The maximum Gasteiger partial charge on any atom is 0.231 e. The van der Waals surface area contributed by atoms with Crippen molar-refractivity contribution in [3.8, 4) is 11.5 Å². The third-order valence-electron chi connectivity index (χ3n) is 4.07. The Balaban J connectivity index is 0.00000243. The highest BCUT2D eigenvalue weighted by Gasteiger charge is 2.13. The first kappa shape index (κ1) is 20.8. The molecule has 1 aliphatic rings. The van der Waals surface area contributed by atoms with Gasteiger partial charge in [0.2, 0.25) is 6.79 Å². The number of aryl methyl sites for hydroxylation is 2. The van der Waals surface area contributed by atoms with E-state index in [9.17, 15) is 0 Å². The van der Waals surface area contributed by atoms with E-state index >= 15 is 0 Å². The molecule has 2 heterocycles. The van der Waals surface area contributed by atoms with Crippen molar-refractivity contribution < 1.29 is 9.47 Å². The van der Waals surface area contributed by atoms with Gasteiger partial charge in [-0.15, -0.1) is 35.3 Å². The zero-order valence-electron chi connectivity index (χ0n) is 15.3. The lowest BCUT2D eigenvalue weighted by molar-refractivity contribution is 0.174. The van der Waals surface area contributed by atoms with Crippen molar-refractivity contribution in [3.63, 3.8) is 0 Å². The smallest absolute Gasteiger partial charge is 0.231 e. The zero-order valence-corrected chi connectivity index (χ0v) is 18.4. The molecule has 1 aromatic carbocycles. The minimum atomic E-state index is 0. The molecule has 1 aliphatic heterocycles. The molecule has 2 N–H and O–H groups in total. The molecule has 26 heavy (non-hydrogen) atoms. The second-order valence-electron chi connectivity index (χ2n) is 5.86. The van der Waals surface area contributed by atoms with Gasteiger partial charge < -0.3 is 20.1 Å². The fourth-order valence-electron chi connectivity index (χ4n) is 2.58. The summed E-state index contributed by atoms with van der Waals surface area (Å²) in [6, 6.07) is 6.06. The zero-order chi connectivity index (χ0) is 17.6. The predicted molar refractivity (Wildman–Crippen MR) is 116 cm³/mol. The summed E-state index contributed by atoms with van der Waals surface area (Å²) in [4.78, 5) is 10.1. The van der Waals surface area contributed by atoms with Gasteiger partial charge in [0.05, 0.1) is 10.7 Å². The highest BCUT2D eigenvalue weighted by molar-refractivity contribution is 14.0. The van der Waals surface area contributed by atoms with E-state index in [4.69, 9.17) is 9.47 Å². The molecule has 142 valence electrons. The molecular formula is C18H25IN4O2S. The molecule has 1 aromatic heterocycles. The largest absolute Gasteiger partial charge is 0.454 e. The summed E-state index contributed by atoms with van der Waals surface area (Å²) in [5, 5.41) is 7.84. The Morgan fingerprint density at radius 1 is 1.15 bits per heavy atom. The maximum absolute atomic E-state index is 5.41. The topological polar surface area (TPSA) is 67.8 Å². The van der Waals surface area contributed by atoms with E-state index in [0.717, 1.165) is 49.1 Å². The molecule has 0 unspecified atom stereocenters. The van der Waals surface area contributed by atoms with Crippen LogP contribution in [0.4, 0.5) is 0 Å². The number of ether oxygens (including phenoxy) is 2. The summed E-state index contributed by atoms with van der Waals surface area (Å²) in [5.41, 5.74) is 2.34. The van der Waals surface area contributed by atoms with Crippen molar-refractivity contribution in [2.75, 3.05) is 26.9 Å². The number of aliphatic imine (C=N–C) groups is 1. The third-order valence-corrected chi connectivity index (χ3v) is 5.20.